The molecule has 1 fully saturated rings. The lowest BCUT2D eigenvalue weighted by Crippen LogP contribution is -2.27. The van der Waals surface area contributed by atoms with Gasteiger partial charge in [0.25, 0.3) is 0 Å². The summed E-state index contributed by atoms with van der Waals surface area (Å²) in [7, 11) is 0. The number of aliphatic hydroxyl groups excluding tert-OH is 1. The van der Waals surface area contributed by atoms with Gasteiger partial charge in [0.05, 0.1) is 12.2 Å². The van der Waals surface area contributed by atoms with Crippen LogP contribution < -0.4 is 5.32 Å². The summed E-state index contributed by atoms with van der Waals surface area (Å²) in [5, 5.41) is 13.3. The fourth-order valence-corrected chi connectivity index (χ4v) is 2.15. The lowest BCUT2D eigenvalue weighted by molar-refractivity contribution is 0.107. The van der Waals surface area contributed by atoms with Gasteiger partial charge >= 0.3 is 0 Å². The van der Waals surface area contributed by atoms with Crippen LogP contribution in [-0.4, -0.2) is 30.9 Å². The quantitative estimate of drug-likeness (QED) is 0.740. The fraction of sp³-hybridized carbons (Fsp3) is 0.571. The van der Waals surface area contributed by atoms with Crippen molar-refractivity contribution in [1.82, 2.24) is 5.32 Å². The van der Waals surface area contributed by atoms with Crippen molar-refractivity contribution in [3.8, 4) is 0 Å². The number of hydrogen-bond donors (Lipinski definition) is 2. The van der Waals surface area contributed by atoms with E-state index < -0.39 is 0 Å². The van der Waals surface area contributed by atoms with Gasteiger partial charge in [0.2, 0.25) is 0 Å². The summed E-state index contributed by atoms with van der Waals surface area (Å²) >= 11 is 0. The van der Waals surface area contributed by atoms with Crippen LogP contribution in [0.5, 0.6) is 0 Å². The minimum Gasteiger partial charge on any atom is -0.388 e. The molecule has 0 aliphatic carbocycles. The SMILES string of the molecule is OC(CCNCC1CCCO1)c1ccccc1. The highest BCUT2D eigenvalue weighted by atomic mass is 16.5. The molecule has 1 saturated heterocycles. The van der Waals surface area contributed by atoms with Crippen molar-refractivity contribution in [2.45, 2.75) is 31.5 Å². The van der Waals surface area contributed by atoms with E-state index in [0.717, 1.165) is 38.1 Å². The van der Waals surface area contributed by atoms with Gasteiger partial charge in [-0.15, -0.1) is 0 Å². The van der Waals surface area contributed by atoms with Crippen LogP contribution in [0.3, 0.4) is 0 Å². The lowest BCUT2D eigenvalue weighted by Gasteiger charge is -2.13. The van der Waals surface area contributed by atoms with Crippen molar-refractivity contribution in [3.63, 3.8) is 0 Å². The van der Waals surface area contributed by atoms with Crippen LogP contribution in [0.4, 0.5) is 0 Å². The minimum absolute atomic E-state index is 0.367. The van der Waals surface area contributed by atoms with Gasteiger partial charge in [-0.1, -0.05) is 30.3 Å². The monoisotopic (exact) mass is 235 g/mol. The zero-order valence-electron chi connectivity index (χ0n) is 10.1. The molecule has 0 saturated carbocycles. The maximum absolute atomic E-state index is 9.94. The molecule has 1 aliphatic rings. The topological polar surface area (TPSA) is 41.5 Å². The molecule has 17 heavy (non-hydrogen) atoms. The average molecular weight is 235 g/mol. The van der Waals surface area contributed by atoms with Gasteiger partial charge in [0.15, 0.2) is 0 Å². The fourth-order valence-electron chi connectivity index (χ4n) is 2.15. The Morgan fingerprint density at radius 1 is 1.35 bits per heavy atom. The average Bonchev–Trinajstić information content (AvgIpc) is 2.88. The van der Waals surface area contributed by atoms with E-state index in [1.165, 1.54) is 6.42 Å². The molecule has 94 valence electrons. The molecule has 1 aromatic carbocycles. The maximum Gasteiger partial charge on any atom is 0.0802 e. The third kappa shape index (κ3) is 4.11. The van der Waals surface area contributed by atoms with Crippen LogP contribution in [0.15, 0.2) is 30.3 Å². The molecule has 0 radical (unpaired) electrons. The highest BCUT2D eigenvalue weighted by Gasteiger charge is 2.14. The van der Waals surface area contributed by atoms with Crippen molar-refractivity contribution >= 4 is 0 Å². The van der Waals surface area contributed by atoms with E-state index >= 15 is 0 Å². The molecule has 0 bridgehead atoms. The molecule has 2 rings (SSSR count). The molecule has 0 amide bonds. The van der Waals surface area contributed by atoms with Crippen molar-refractivity contribution < 1.29 is 9.84 Å². The van der Waals surface area contributed by atoms with Gasteiger partial charge in [0.1, 0.15) is 0 Å². The van der Waals surface area contributed by atoms with Crippen molar-refractivity contribution in [3.05, 3.63) is 35.9 Å². The molecular formula is C14H21NO2. The number of hydrogen-bond acceptors (Lipinski definition) is 3. The predicted octanol–water partition coefficient (Wildman–Crippen LogP) is 1.88. The first-order valence-electron chi connectivity index (χ1n) is 6.41. The summed E-state index contributed by atoms with van der Waals surface area (Å²) in [6.45, 7) is 2.64. The molecule has 0 aromatic heterocycles. The Morgan fingerprint density at radius 3 is 2.88 bits per heavy atom. The second kappa shape index (κ2) is 6.74. The van der Waals surface area contributed by atoms with Crippen LogP contribution in [0.25, 0.3) is 0 Å². The standard InChI is InChI=1S/C14H21NO2/c16-14(12-5-2-1-3-6-12)8-9-15-11-13-7-4-10-17-13/h1-3,5-6,13-16H,4,7-11H2. The maximum atomic E-state index is 9.94. The van der Waals surface area contributed by atoms with Crippen molar-refractivity contribution in [2.24, 2.45) is 0 Å². The van der Waals surface area contributed by atoms with Gasteiger partial charge in [-0.25, -0.2) is 0 Å². The Kier molecular flexibility index (Phi) is 4.98. The van der Waals surface area contributed by atoms with Crippen LogP contribution in [0.1, 0.15) is 30.9 Å². The molecule has 0 spiro atoms. The zero-order valence-corrected chi connectivity index (χ0v) is 10.1. The molecule has 2 atom stereocenters. The summed E-state index contributed by atoms with van der Waals surface area (Å²) in [6.07, 6.45) is 3.10. The molecule has 1 aromatic rings. The molecule has 1 heterocycles. The van der Waals surface area contributed by atoms with Gasteiger partial charge in [0, 0.05) is 13.2 Å². The van der Waals surface area contributed by atoms with Crippen molar-refractivity contribution in [2.75, 3.05) is 19.7 Å². The third-order valence-electron chi connectivity index (χ3n) is 3.17. The van der Waals surface area contributed by atoms with E-state index in [0.29, 0.717) is 6.10 Å². The Bertz CT molecular complexity index is 309. The number of ether oxygens (including phenoxy) is 1. The van der Waals surface area contributed by atoms with Gasteiger partial charge in [-0.3, -0.25) is 0 Å². The van der Waals surface area contributed by atoms with E-state index in [-0.39, 0.29) is 6.10 Å². The van der Waals surface area contributed by atoms with E-state index in [9.17, 15) is 5.11 Å². The summed E-state index contributed by atoms with van der Waals surface area (Å²) < 4.78 is 5.52. The summed E-state index contributed by atoms with van der Waals surface area (Å²) in [5.41, 5.74) is 0.992. The van der Waals surface area contributed by atoms with E-state index in [1.807, 2.05) is 30.3 Å². The van der Waals surface area contributed by atoms with E-state index in [4.69, 9.17) is 4.74 Å². The minimum atomic E-state index is -0.367. The molecule has 3 heteroatoms. The zero-order chi connectivity index (χ0) is 11.9. The lowest BCUT2D eigenvalue weighted by atomic mass is 10.1. The molecular weight excluding hydrogens is 214 g/mol. The highest BCUT2D eigenvalue weighted by Crippen LogP contribution is 2.15. The van der Waals surface area contributed by atoms with Crippen LogP contribution in [0, 0.1) is 0 Å². The summed E-state index contributed by atoms with van der Waals surface area (Å²) in [4.78, 5) is 0. The molecule has 1 aliphatic heterocycles. The molecule has 3 nitrogen and oxygen atoms in total. The van der Waals surface area contributed by atoms with E-state index in [1.54, 1.807) is 0 Å². The van der Waals surface area contributed by atoms with Crippen LogP contribution >= 0.6 is 0 Å². The second-order valence-electron chi connectivity index (χ2n) is 4.55. The largest absolute Gasteiger partial charge is 0.388 e. The van der Waals surface area contributed by atoms with Crippen LogP contribution in [0.2, 0.25) is 0 Å². The van der Waals surface area contributed by atoms with E-state index in [2.05, 4.69) is 5.32 Å². The second-order valence-corrected chi connectivity index (χ2v) is 4.55. The van der Waals surface area contributed by atoms with Crippen LogP contribution in [-0.2, 0) is 4.74 Å². The Balaban J connectivity index is 1.61. The highest BCUT2D eigenvalue weighted by molar-refractivity contribution is 5.17. The Hall–Kier alpha value is -0.900. The first kappa shape index (κ1) is 12.6. The molecule has 2 unspecified atom stereocenters. The van der Waals surface area contributed by atoms with Gasteiger partial charge < -0.3 is 15.2 Å². The third-order valence-corrected chi connectivity index (χ3v) is 3.17. The first-order valence-corrected chi connectivity index (χ1v) is 6.41. The summed E-state index contributed by atoms with van der Waals surface area (Å²) in [6, 6.07) is 9.80. The smallest absolute Gasteiger partial charge is 0.0802 e. The Morgan fingerprint density at radius 2 is 2.18 bits per heavy atom. The number of rotatable bonds is 6. The number of benzene rings is 1. The Labute approximate surface area is 103 Å². The number of aliphatic hydroxyl groups is 1. The normalized spacial score (nSPS) is 21.6. The molecule has 2 N–H and O–H groups in total. The number of nitrogens with one attached hydrogen (secondary N) is 1. The predicted molar refractivity (Wildman–Crippen MR) is 67.9 cm³/mol. The first-order chi connectivity index (χ1) is 8.36. The van der Waals surface area contributed by atoms with Gasteiger partial charge in [-0.05, 0) is 31.4 Å². The summed E-state index contributed by atoms with van der Waals surface area (Å²) in [5.74, 6) is 0. The van der Waals surface area contributed by atoms with Crippen molar-refractivity contribution in [1.29, 1.82) is 0 Å². The van der Waals surface area contributed by atoms with Gasteiger partial charge in [-0.2, -0.15) is 0 Å².